The molecule has 0 radical (unpaired) electrons. The van der Waals surface area contributed by atoms with E-state index < -0.39 is 11.5 Å². The summed E-state index contributed by atoms with van der Waals surface area (Å²) >= 11 is 6.45. The van der Waals surface area contributed by atoms with Crippen molar-refractivity contribution in [2.24, 2.45) is 11.8 Å². The molecule has 1 fully saturated rings. The molecular weight excluding hydrogens is 590 g/mol. The maximum absolute atomic E-state index is 13.6. The highest BCUT2D eigenvalue weighted by molar-refractivity contribution is 6.30. The molecule has 2 aromatic rings. The van der Waals surface area contributed by atoms with Crippen LogP contribution in [0.25, 0.3) is 0 Å². The number of methoxy groups -OCH3 is 1. The summed E-state index contributed by atoms with van der Waals surface area (Å²) in [5.74, 6) is 0.673. The maximum Gasteiger partial charge on any atom is 0.259 e. The van der Waals surface area contributed by atoms with Crippen molar-refractivity contribution in [3.63, 3.8) is 0 Å². The average Bonchev–Trinajstić information content (AvgIpc) is 3.16. The fourth-order valence-electron chi connectivity index (χ4n) is 7.95. The van der Waals surface area contributed by atoms with Crippen molar-refractivity contribution in [3.8, 4) is 5.75 Å². The summed E-state index contributed by atoms with van der Waals surface area (Å²) < 4.78 is 12.7. The molecule has 1 N–H and O–H groups in total. The predicted molar refractivity (Wildman–Crippen MR) is 176 cm³/mol. The number of ether oxygens (including phenoxy) is 2. The van der Waals surface area contributed by atoms with Gasteiger partial charge in [-0.3, -0.25) is 9.59 Å². The third kappa shape index (κ3) is 5.97. The van der Waals surface area contributed by atoms with Crippen LogP contribution in [-0.4, -0.2) is 87.3 Å². The number of hydrogen-bond acceptors (Lipinski definition) is 6. The minimum absolute atomic E-state index is 0.000935. The summed E-state index contributed by atoms with van der Waals surface area (Å²) in [6.07, 6.45) is 9.76. The zero-order valence-electron chi connectivity index (χ0n) is 26.9. The quantitative estimate of drug-likeness (QED) is 0.471. The van der Waals surface area contributed by atoms with Gasteiger partial charge < -0.3 is 29.3 Å². The number of likely N-dealkylation sites (N-methyl/N-ethyl adjacent to an activating group) is 1. The van der Waals surface area contributed by atoms with Crippen LogP contribution in [0.1, 0.15) is 55.2 Å². The molecule has 5 atom stereocenters. The van der Waals surface area contributed by atoms with Crippen LogP contribution in [0.5, 0.6) is 5.75 Å². The smallest absolute Gasteiger partial charge is 0.259 e. The molecule has 242 valence electrons. The third-order valence-electron chi connectivity index (χ3n) is 10.7. The number of anilines is 1. The summed E-state index contributed by atoms with van der Waals surface area (Å²) in [5, 5.41) is 12.9. The lowest BCUT2D eigenvalue weighted by molar-refractivity contribution is -0.156. The Bertz CT molecular complexity index is 1480. The van der Waals surface area contributed by atoms with Gasteiger partial charge in [0.1, 0.15) is 5.75 Å². The van der Waals surface area contributed by atoms with Gasteiger partial charge in [0, 0.05) is 58.3 Å². The van der Waals surface area contributed by atoms with Crippen molar-refractivity contribution in [1.29, 1.82) is 0 Å². The molecule has 0 aromatic heterocycles. The van der Waals surface area contributed by atoms with Crippen LogP contribution in [0.4, 0.5) is 5.69 Å². The summed E-state index contributed by atoms with van der Waals surface area (Å²) in [6, 6.07) is 11.8. The second-order valence-corrected chi connectivity index (χ2v) is 14.2. The number of carbonyl (C=O) groups is 2. The number of aliphatic hydroxyl groups is 1. The van der Waals surface area contributed by atoms with Gasteiger partial charge in [-0.2, -0.15) is 0 Å². The van der Waals surface area contributed by atoms with E-state index in [0.29, 0.717) is 37.0 Å². The zero-order valence-corrected chi connectivity index (χ0v) is 27.7. The highest BCUT2D eigenvalue weighted by Gasteiger charge is 2.46. The lowest BCUT2D eigenvalue weighted by Gasteiger charge is -2.46. The Kier molecular flexibility index (Phi) is 8.94. The molecule has 8 nitrogen and oxygen atoms in total. The number of rotatable bonds is 2. The van der Waals surface area contributed by atoms with E-state index in [1.165, 1.54) is 16.0 Å². The first-order valence-electron chi connectivity index (χ1n) is 16.2. The molecule has 45 heavy (non-hydrogen) atoms. The van der Waals surface area contributed by atoms with Crippen molar-refractivity contribution in [2.45, 2.75) is 62.1 Å². The van der Waals surface area contributed by atoms with Gasteiger partial charge in [0.25, 0.3) is 5.91 Å². The Morgan fingerprint density at radius 1 is 1.18 bits per heavy atom. The van der Waals surface area contributed by atoms with Crippen LogP contribution in [-0.2, 0) is 31.8 Å². The molecule has 0 unspecified atom stereocenters. The van der Waals surface area contributed by atoms with E-state index in [1.807, 2.05) is 18.2 Å². The second-order valence-electron chi connectivity index (χ2n) is 13.8. The molecule has 1 spiro atoms. The van der Waals surface area contributed by atoms with Crippen molar-refractivity contribution in [2.75, 3.05) is 59.4 Å². The highest BCUT2D eigenvalue weighted by atomic mass is 35.5. The lowest BCUT2D eigenvalue weighted by Crippen LogP contribution is -2.50. The zero-order chi connectivity index (χ0) is 31.9. The topological polar surface area (TPSA) is 82.5 Å². The van der Waals surface area contributed by atoms with E-state index in [-0.39, 0.29) is 23.8 Å². The molecule has 1 saturated carbocycles. The number of amides is 2. The van der Waals surface area contributed by atoms with Gasteiger partial charge in [-0.15, -0.1) is 0 Å². The SMILES string of the molecule is CO[C@H]1C=CCCN(C)C(=O)C[C@](O)(C(=O)N(C)C)c2ccc3c(c2)N(C[C@@H]2CC[C@H]21)C[C@@]1(CCCc2cc(Cl)ccc21)CO3. The standard InChI is InChI=1S/C36H46ClN3O5/c1-38(2)34(42)36(43)20-33(41)39(3)17-6-5-9-31(44-4)28-13-10-25(28)21-40-22-35(23-45-32-15-11-26(36)19-30(32)40)16-7-8-24-18-27(37)12-14-29(24)35/h5,9,11-12,14-15,18-19,25,28,31,43H,6-8,10,13,16-17,20-23H2,1-4H3/t25-,28+,31-,35-,36+/m0/s1. The van der Waals surface area contributed by atoms with Crippen LogP contribution in [0.2, 0.25) is 5.02 Å². The van der Waals surface area contributed by atoms with Gasteiger partial charge in [-0.25, -0.2) is 0 Å². The van der Waals surface area contributed by atoms with Crippen molar-refractivity contribution < 1.29 is 24.2 Å². The number of aryl methyl sites for hydroxylation is 1. The lowest BCUT2D eigenvalue weighted by atomic mass is 9.68. The van der Waals surface area contributed by atoms with Crippen LogP contribution in [0.3, 0.4) is 0 Å². The predicted octanol–water partition coefficient (Wildman–Crippen LogP) is 4.94. The molecule has 2 bridgehead atoms. The van der Waals surface area contributed by atoms with Crippen molar-refractivity contribution >= 4 is 29.1 Å². The van der Waals surface area contributed by atoms with Gasteiger partial charge in [-0.05, 0) is 91.3 Å². The van der Waals surface area contributed by atoms with Crippen LogP contribution < -0.4 is 9.64 Å². The van der Waals surface area contributed by atoms with Gasteiger partial charge in [0.05, 0.1) is 24.8 Å². The van der Waals surface area contributed by atoms with Gasteiger partial charge in [0.2, 0.25) is 5.91 Å². The van der Waals surface area contributed by atoms with E-state index in [2.05, 4.69) is 29.2 Å². The molecule has 6 rings (SSSR count). The Balaban J connectivity index is 1.48. The Morgan fingerprint density at radius 3 is 2.73 bits per heavy atom. The largest absolute Gasteiger partial charge is 0.490 e. The molecule has 2 amide bonds. The fraction of sp³-hybridized carbons (Fsp3) is 0.556. The molecule has 2 aliphatic carbocycles. The number of nitrogens with zero attached hydrogens (tertiary/aromatic N) is 3. The first-order valence-corrected chi connectivity index (χ1v) is 16.6. The van der Waals surface area contributed by atoms with Crippen LogP contribution >= 0.6 is 11.6 Å². The van der Waals surface area contributed by atoms with Gasteiger partial charge in [-0.1, -0.05) is 35.9 Å². The minimum Gasteiger partial charge on any atom is -0.490 e. The number of benzene rings is 2. The summed E-state index contributed by atoms with van der Waals surface area (Å²) in [5.41, 5.74) is 1.53. The monoisotopic (exact) mass is 635 g/mol. The van der Waals surface area contributed by atoms with Crippen LogP contribution in [0, 0.1) is 11.8 Å². The Labute approximate surface area is 271 Å². The summed E-state index contributed by atoms with van der Waals surface area (Å²) in [6.45, 7) is 2.53. The van der Waals surface area contributed by atoms with Crippen molar-refractivity contribution in [3.05, 3.63) is 70.3 Å². The maximum atomic E-state index is 13.6. The molecule has 0 saturated heterocycles. The Hall–Kier alpha value is -3.07. The van der Waals surface area contributed by atoms with E-state index in [9.17, 15) is 14.7 Å². The van der Waals surface area contributed by atoms with E-state index in [4.69, 9.17) is 21.1 Å². The van der Waals surface area contributed by atoms with Gasteiger partial charge >= 0.3 is 0 Å². The first-order chi connectivity index (χ1) is 21.5. The fourth-order valence-corrected chi connectivity index (χ4v) is 8.15. The minimum atomic E-state index is -2.03. The highest BCUT2D eigenvalue weighted by Crippen LogP contribution is 2.47. The van der Waals surface area contributed by atoms with E-state index >= 15 is 0 Å². The summed E-state index contributed by atoms with van der Waals surface area (Å²) in [7, 11) is 6.71. The van der Waals surface area contributed by atoms with Crippen molar-refractivity contribution in [1.82, 2.24) is 9.80 Å². The molecule has 2 aromatic carbocycles. The molecule has 2 aliphatic heterocycles. The van der Waals surface area contributed by atoms with E-state index in [0.717, 1.165) is 61.7 Å². The summed E-state index contributed by atoms with van der Waals surface area (Å²) in [4.78, 5) is 32.5. The second kappa shape index (κ2) is 12.6. The molecule has 2 heterocycles. The molecule has 9 heteroatoms. The number of fused-ring (bicyclic) bond motifs is 4. The number of halogens is 1. The van der Waals surface area contributed by atoms with Crippen LogP contribution in [0.15, 0.2) is 48.6 Å². The molecular formula is C36H46ClN3O5. The van der Waals surface area contributed by atoms with Gasteiger partial charge in [0.15, 0.2) is 5.60 Å². The van der Waals surface area contributed by atoms with E-state index in [1.54, 1.807) is 39.2 Å². The number of hydrogen-bond donors (Lipinski definition) is 1. The number of carbonyl (C=O) groups excluding carboxylic acids is 2. The first kappa shape index (κ1) is 31.9. The average molecular weight is 636 g/mol. The Morgan fingerprint density at radius 2 is 2.00 bits per heavy atom. The molecule has 4 aliphatic rings. The normalized spacial score (nSPS) is 30.1. The third-order valence-corrected chi connectivity index (χ3v) is 10.9.